The molecule has 18 heavy (non-hydrogen) atoms. The van der Waals surface area contributed by atoms with Gasteiger partial charge in [-0.25, -0.2) is 0 Å². The zero-order chi connectivity index (χ0) is 12.7. The number of carboxylic acids is 1. The van der Waals surface area contributed by atoms with Crippen molar-refractivity contribution in [1.29, 1.82) is 0 Å². The van der Waals surface area contributed by atoms with Crippen molar-refractivity contribution < 1.29 is 14.3 Å². The highest BCUT2D eigenvalue weighted by atomic mass is 16.4. The molecule has 1 aromatic heterocycles. The van der Waals surface area contributed by atoms with Crippen LogP contribution >= 0.6 is 0 Å². The Bertz CT molecular complexity index is 454. The van der Waals surface area contributed by atoms with Crippen molar-refractivity contribution in [2.75, 3.05) is 13.1 Å². The van der Waals surface area contributed by atoms with Crippen LogP contribution in [0, 0.1) is 11.8 Å². The van der Waals surface area contributed by atoms with Crippen molar-refractivity contribution in [2.45, 2.75) is 32.2 Å². The summed E-state index contributed by atoms with van der Waals surface area (Å²) in [6, 6.07) is 4.11. The van der Waals surface area contributed by atoms with E-state index in [-0.39, 0.29) is 5.92 Å². The molecule has 0 aromatic carbocycles. The highest BCUT2D eigenvalue weighted by molar-refractivity contribution is 5.70. The lowest BCUT2D eigenvalue weighted by Crippen LogP contribution is -2.22. The van der Waals surface area contributed by atoms with E-state index in [1.807, 2.05) is 6.07 Å². The van der Waals surface area contributed by atoms with Gasteiger partial charge in [0.1, 0.15) is 11.5 Å². The first-order valence-corrected chi connectivity index (χ1v) is 6.67. The fourth-order valence-corrected chi connectivity index (χ4v) is 2.80. The van der Waals surface area contributed by atoms with E-state index in [1.54, 1.807) is 0 Å². The van der Waals surface area contributed by atoms with Gasteiger partial charge in [-0.2, -0.15) is 0 Å². The predicted octanol–water partition coefficient (Wildman–Crippen LogP) is 2.31. The number of nitrogens with zero attached hydrogens (tertiary/aromatic N) is 1. The van der Waals surface area contributed by atoms with E-state index >= 15 is 0 Å². The molecule has 3 unspecified atom stereocenters. The van der Waals surface area contributed by atoms with Gasteiger partial charge in [0.15, 0.2) is 0 Å². The Hall–Kier alpha value is -1.29. The number of hydrogen-bond donors (Lipinski definition) is 1. The van der Waals surface area contributed by atoms with E-state index in [0.29, 0.717) is 12.5 Å². The molecule has 2 heterocycles. The Labute approximate surface area is 107 Å². The number of carbonyl (C=O) groups is 1. The average Bonchev–Trinajstić information content (AvgIpc) is 2.80. The molecular weight excluding hydrogens is 230 g/mol. The standard InChI is InChI=1S/C14H19NO3/c1-9-6-12(9)13-3-2-11(18-13)8-15-5-4-10(7-15)14(16)17/h2-3,9-10,12H,4-8H2,1H3,(H,16,17). The summed E-state index contributed by atoms with van der Waals surface area (Å²) in [7, 11) is 0. The molecule has 3 atom stereocenters. The van der Waals surface area contributed by atoms with Crippen LogP contribution in [-0.4, -0.2) is 29.1 Å². The van der Waals surface area contributed by atoms with E-state index in [2.05, 4.69) is 17.9 Å². The molecule has 1 aliphatic carbocycles. The minimum Gasteiger partial charge on any atom is -0.481 e. The van der Waals surface area contributed by atoms with Crippen LogP contribution in [0.5, 0.6) is 0 Å². The molecule has 1 aliphatic heterocycles. The largest absolute Gasteiger partial charge is 0.481 e. The first-order chi connectivity index (χ1) is 8.63. The molecule has 1 saturated heterocycles. The van der Waals surface area contributed by atoms with Crippen molar-refractivity contribution >= 4 is 5.97 Å². The van der Waals surface area contributed by atoms with E-state index in [4.69, 9.17) is 9.52 Å². The van der Waals surface area contributed by atoms with Crippen molar-refractivity contribution in [3.8, 4) is 0 Å². The molecule has 1 saturated carbocycles. The predicted molar refractivity (Wildman–Crippen MR) is 66.2 cm³/mol. The Morgan fingerprint density at radius 3 is 2.94 bits per heavy atom. The van der Waals surface area contributed by atoms with Crippen LogP contribution in [0.3, 0.4) is 0 Å². The SMILES string of the molecule is CC1CC1c1ccc(CN2CCC(C(=O)O)C2)o1. The third-order valence-corrected chi connectivity index (χ3v) is 4.16. The molecule has 0 bridgehead atoms. The topological polar surface area (TPSA) is 53.7 Å². The second-order valence-corrected chi connectivity index (χ2v) is 5.68. The van der Waals surface area contributed by atoms with Gasteiger partial charge >= 0.3 is 5.97 Å². The quantitative estimate of drug-likeness (QED) is 0.889. The van der Waals surface area contributed by atoms with Crippen molar-refractivity contribution in [1.82, 2.24) is 4.90 Å². The minimum absolute atomic E-state index is 0.206. The van der Waals surface area contributed by atoms with Gasteiger partial charge in [0, 0.05) is 12.5 Å². The lowest BCUT2D eigenvalue weighted by atomic mass is 10.1. The second-order valence-electron chi connectivity index (χ2n) is 5.68. The Morgan fingerprint density at radius 2 is 2.33 bits per heavy atom. The summed E-state index contributed by atoms with van der Waals surface area (Å²) in [5.41, 5.74) is 0. The number of hydrogen-bond acceptors (Lipinski definition) is 3. The molecule has 2 fully saturated rings. The molecule has 0 amide bonds. The molecule has 98 valence electrons. The third-order valence-electron chi connectivity index (χ3n) is 4.16. The maximum Gasteiger partial charge on any atom is 0.307 e. The van der Waals surface area contributed by atoms with E-state index in [9.17, 15) is 4.79 Å². The Kier molecular flexibility index (Phi) is 2.90. The maximum atomic E-state index is 10.9. The van der Waals surface area contributed by atoms with Gasteiger partial charge < -0.3 is 9.52 Å². The van der Waals surface area contributed by atoms with Gasteiger partial charge in [0.2, 0.25) is 0 Å². The number of carboxylic acid groups (broad SMARTS) is 1. The van der Waals surface area contributed by atoms with Crippen molar-refractivity contribution in [2.24, 2.45) is 11.8 Å². The molecule has 1 N–H and O–H groups in total. The van der Waals surface area contributed by atoms with Gasteiger partial charge in [-0.15, -0.1) is 0 Å². The maximum absolute atomic E-state index is 10.9. The normalized spacial score (nSPS) is 31.7. The molecule has 3 rings (SSSR count). The van der Waals surface area contributed by atoms with Crippen LogP contribution in [0.15, 0.2) is 16.5 Å². The van der Waals surface area contributed by atoms with Gasteiger partial charge in [0.25, 0.3) is 0 Å². The second kappa shape index (κ2) is 4.43. The van der Waals surface area contributed by atoms with Crippen molar-refractivity contribution in [3.05, 3.63) is 23.7 Å². The molecule has 4 nitrogen and oxygen atoms in total. The third kappa shape index (κ3) is 2.29. The monoisotopic (exact) mass is 249 g/mol. The number of rotatable bonds is 4. The number of likely N-dealkylation sites (tertiary alicyclic amines) is 1. The zero-order valence-electron chi connectivity index (χ0n) is 10.6. The summed E-state index contributed by atoms with van der Waals surface area (Å²) in [5.74, 6) is 2.56. The lowest BCUT2D eigenvalue weighted by Gasteiger charge is -2.12. The van der Waals surface area contributed by atoms with E-state index in [0.717, 1.165) is 36.9 Å². The zero-order valence-corrected chi connectivity index (χ0v) is 10.6. The average molecular weight is 249 g/mol. The summed E-state index contributed by atoms with van der Waals surface area (Å²) < 4.78 is 5.85. The molecule has 0 spiro atoms. The molecule has 0 radical (unpaired) electrons. The first-order valence-electron chi connectivity index (χ1n) is 6.67. The van der Waals surface area contributed by atoms with E-state index < -0.39 is 5.97 Å². The van der Waals surface area contributed by atoms with Crippen LogP contribution in [0.25, 0.3) is 0 Å². The summed E-state index contributed by atoms with van der Waals surface area (Å²) in [5, 5.41) is 8.96. The van der Waals surface area contributed by atoms with Crippen LogP contribution in [0.2, 0.25) is 0 Å². The van der Waals surface area contributed by atoms with E-state index in [1.165, 1.54) is 6.42 Å². The minimum atomic E-state index is -0.676. The first kappa shape index (κ1) is 11.8. The summed E-state index contributed by atoms with van der Waals surface area (Å²) >= 11 is 0. The van der Waals surface area contributed by atoms with Gasteiger partial charge in [0.05, 0.1) is 12.5 Å². The molecular formula is C14H19NO3. The fraction of sp³-hybridized carbons (Fsp3) is 0.643. The Morgan fingerprint density at radius 1 is 1.56 bits per heavy atom. The Balaban J connectivity index is 1.57. The summed E-state index contributed by atoms with van der Waals surface area (Å²) in [6.45, 7) is 4.48. The number of furan rings is 1. The summed E-state index contributed by atoms with van der Waals surface area (Å²) in [4.78, 5) is 13.1. The molecule has 2 aliphatic rings. The van der Waals surface area contributed by atoms with Gasteiger partial charge in [-0.1, -0.05) is 6.92 Å². The van der Waals surface area contributed by atoms with Crippen molar-refractivity contribution in [3.63, 3.8) is 0 Å². The van der Waals surface area contributed by atoms with Gasteiger partial charge in [-0.05, 0) is 37.4 Å². The van der Waals surface area contributed by atoms with Crippen LogP contribution in [0.4, 0.5) is 0 Å². The highest BCUT2D eigenvalue weighted by Gasteiger charge is 2.36. The lowest BCUT2D eigenvalue weighted by molar-refractivity contribution is -0.141. The molecule has 1 aromatic rings. The number of aliphatic carboxylic acids is 1. The van der Waals surface area contributed by atoms with Crippen LogP contribution in [0.1, 0.15) is 37.2 Å². The summed E-state index contributed by atoms with van der Waals surface area (Å²) in [6.07, 6.45) is 1.99. The molecule has 4 heteroatoms. The fourth-order valence-electron chi connectivity index (χ4n) is 2.80. The highest BCUT2D eigenvalue weighted by Crippen LogP contribution is 2.47. The smallest absolute Gasteiger partial charge is 0.307 e. The van der Waals surface area contributed by atoms with Crippen LogP contribution < -0.4 is 0 Å². The van der Waals surface area contributed by atoms with Gasteiger partial charge in [-0.3, -0.25) is 9.69 Å². The van der Waals surface area contributed by atoms with Crippen LogP contribution in [-0.2, 0) is 11.3 Å².